The summed E-state index contributed by atoms with van der Waals surface area (Å²) in [6, 6.07) is 0. The Morgan fingerprint density at radius 1 is 0.422 bits per heavy atom. The van der Waals surface area contributed by atoms with Crippen LogP contribution < -0.4 is 0 Å². The summed E-state index contributed by atoms with van der Waals surface area (Å²) in [5.41, 5.74) is 0. The molecule has 0 bridgehead atoms. The molecule has 0 fully saturated rings. The largest absolute Gasteiger partial charge is 0.386 e. The van der Waals surface area contributed by atoms with Crippen LogP contribution in [0.3, 0.4) is 0 Å². The fraction of sp³-hybridized carbons (Fsp3) is 1.00. The van der Waals surface area contributed by atoms with Crippen molar-refractivity contribution in [3.8, 4) is 0 Å². The zero-order valence-electron chi connectivity index (χ0n) is 30.9. The Morgan fingerprint density at radius 3 is 0.867 bits per heavy atom. The summed E-state index contributed by atoms with van der Waals surface area (Å²) in [5.74, 6) is -0.541. The molecule has 272 valence electrons. The van der Waals surface area contributed by atoms with Crippen LogP contribution in [-0.4, -0.2) is 60.6 Å². The van der Waals surface area contributed by atoms with Gasteiger partial charge in [-0.25, -0.2) is 0 Å². The highest BCUT2D eigenvalue weighted by molar-refractivity contribution is 7.85. The topological polar surface area (TPSA) is 74.6 Å². The summed E-state index contributed by atoms with van der Waals surface area (Å²) in [4.78, 5) is 0. The Balaban J connectivity index is 4.96. The second kappa shape index (κ2) is 32.4. The lowest BCUT2D eigenvalue weighted by Gasteiger charge is -2.40. The van der Waals surface area contributed by atoms with Gasteiger partial charge < -0.3 is 9.59 Å². The molecule has 5 nitrogen and oxygen atoms in total. The Kier molecular flexibility index (Phi) is 32.3. The van der Waals surface area contributed by atoms with E-state index < -0.39 is 22.0 Å². The minimum absolute atomic E-state index is 0.450. The zero-order valence-corrected chi connectivity index (χ0v) is 31.7. The molecule has 0 spiro atoms. The van der Waals surface area contributed by atoms with E-state index in [9.17, 15) is 18.1 Å². The van der Waals surface area contributed by atoms with Gasteiger partial charge >= 0.3 is 0 Å². The number of quaternary nitrogens is 1. The minimum atomic E-state index is -4.19. The van der Waals surface area contributed by atoms with Gasteiger partial charge in [-0.3, -0.25) is 4.55 Å². The Labute approximate surface area is 283 Å². The predicted octanol–water partition coefficient (Wildman–Crippen LogP) is 11.8. The molecular weight excluding hydrogens is 578 g/mol. The molecule has 0 aliphatic carbocycles. The molecule has 45 heavy (non-hydrogen) atoms. The van der Waals surface area contributed by atoms with Crippen molar-refractivity contribution in [3.63, 3.8) is 0 Å². The van der Waals surface area contributed by atoms with Gasteiger partial charge in [0.2, 0.25) is 0 Å². The molecule has 0 aliphatic heterocycles. The van der Waals surface area contributed by atoms with Crippen LogP contribution in [0.25, 0.3) is 0 Å². The van der Waals surface area contributed by atoms with Gasteiger partial charge in [-0.05, 0) is 38.5 Å². The van der Waals surface area contributed by atoms with E-state index >= 15 is 0 Å². The highest BCUT2D eigenvalue weighted by atomic mass is 32.2. The molecule has 0 aromatic carbocycles. The number of hydrogen-bond donors (Lipinski definition) is 2. The van der Waals surface area contributed by atoms with E-state index in [-0.39, 0.29) is 0 Å². The highest BCUT2D eigenvalue weighted by Gasteiger charge is 2.31. The van der Waals surface area contributed by atoms with Crippen molar-refractivity contribution in [1.82, 2.24) is 0 Å². The Hall–Kier alpha value is -0.170. The van der Waals surface area contributed by atoms with Crippen LogP contribution in [0.5, 0.6) is 0 Å². The average Bonchev–Trinajstić information content (AvgIpc) is 2.99. The van der Waals surface area contributed by atoms with E-state index in [1.165, 1.54) is 173 Å². The third-order valence-corrected chi connectivity index (χ3v) is 10.8. The number of aliphatic hydroxyl groups excluding tert-OH is 1. The van der Waals surface area contributed by atoms with Gasteiger partial charge in [-0.2, -0.15) is 8.42 Å². The highest BCUT2D eigenvalue weighted by Crippen LogP contribution is 2.21. The lowest BCUT2D eigenvalue weighted by Crippen LogP contribution is -2.55. The number of rotatable bonds is 37. The number of aliphatic hydroxyl groups is 1. The van der Waals surface area contributed by atoms with Crippen LogP contribution >= 0.6 is 0 Å². The van der Waals surface area contributed by atoms with Crippen LogP contribution in [0, 0.1) is 0 Å². The third-order valence-electron chi connectivity index (χ3n) is 9.96. The molecule has 0 radical (unpaired) electrons. The fourth-order valence-corrected chi connectivity index (χ4v) is 7.75. The van der Waals surface area contributed by atoms with Gasteiger partial charge in [0.25, 0.3) is 10.1 Å². The second-order valence-electron chi connectivity index (χ2n) is 14.6. The van der Waals surface area contributed by atoms with Crippen molar-refractivity contribution in [2.24, 2.45) is 0 Å². The normalized spacial score (nSPS) is 13.1. The van der Waals surface area contributed by atoms with E-state index in [4.69, 9.17) is 0 Å². The predicted molar refractivity (Wildman–Crippen MR) is 198 cm³/mol. The standard InChI is InChI=1S/C39H81NO4S/c1-4-7-10-13-16-19-22-25-28-31-34-40(37-39(41)38-45(42,43)44,35-32-29-26-23-20-17-14-11-8-5-2)36-33-30-27-24-21-18-15-12-9-6-3/h39,41H,4-38H2,1-3H3/p+1. The molecule has 0 heterocycles. The van der Waals surface area contributed by atoms with Crippen molar-refractivity contribution < 1.29 is 22.6 Å². The first-order chi connectivity index (χ1) is 21.8. The van der Waals surface area contributed by atoms with E-state index in [1.54, 1.807) is 0 Å². The molecule has 6 heteroatoms. The molecule has 0 rings (SSSR count). The Morgan fingerprint density at radius 2 is 0.644 bits per heavy atom. The van der Waals surface area contributed by atoms with Gasteiger partial charge in [-0.1, -0.05) is 175 Å². The number of unbranched alkanes of at least 4 members (excludes halogenated alkanes) is 27. The number of nitrogens with zero attached hydrogens (tertiary/aromatic N) is 1. The van der Waals surface area contributed by atoms with E-state index in [1.807, 2.05) is 0 Å². The molecule has 0 aliphatic rings. The summed E-state index contributed by atoms with van der Waals surface area (Å²) < 4.78 is 33.6. The van der Waals surface area contributed by atoms with Crippen LogP contribution in [-0.2, 0) is 10.1 Å². The van der Waals surface area contributed by atoms with Crippen LogP contribution in [0.4, 0.5) is 0 Å². The monoisotopic (exact) mass is 661 g/mol. The molecule has 0 aromatic heterocycles. The van der Waals surface area contributed by atoms with Crippen LogP contribution in [0.1, 0.15) is 213 Å². The van der Waals surface area contributed by atoms with E-state index in [0.29, 0.717) is 6.54 Å². The summed E-state index contributed by atoms with van der Waals surface area (Å²) in [6.07, 6.45) is 38.2. The molecule has 1 atom stereocenters. The second-order valence-corrected chi connectivity index (χ2v) is 16.1. The van der Waals surface area contributed by atoms with Gasteiger partial charge in [0.1, 0.15) is 18.4 Å². The minimum Gasteiger partial charge on any atom is -0.386 e. The smallest absolute Gasteiger partial charge is 0.267 e. The first-order valence-corrected chi connectivity index (χ1v) is 21.9. The van der Waals surface area contributed by atoms with E-state index in [2.05, 4.69) is 20.8 Å². The van der Waals surface area contributed by atoms with Gasteiger partial charge in [-0.15, -0.1) is 0 Å². The first kappa shape index (κ1) is 44.8. The maximum Gasteiger partial charge on any atom is 0.267 e. The van der Waals surface area contributed by atoms with Gasteiger partial charge in [0, 0.05) is 0 Å². The Bertz CT molecular complexity index is 639. The maximum absolute atomic E-state index is 11.6. The molecule has 0 saturated heterocycles. The van der Waals surface area contributed by atoms with E-state index in [0.717, 1.165) is 43.4 Å². The molecule has 0 aromatic rings. The molecule has 2 N–H and O–H groups in total. The molecule has 0 saturated carbocycles. The lowest BCUT2D eigenvalue weighted by molar-refractivity contribution is -0.931. The first-order valence-electron chi connectivity index (χ1n) is 20.3. The summed E-state index contributed by atoms with van der Waals surface area (Å²) >= 11 is 0. The average molecular weight is 661 g/mol. The van der Waals surface area contributed by atoms with Crippen molar-refractivity contribution in [3.05, 3.63) is 0 Å². The molecule has 0 amide bonds. The van der Waals surface area contributed by atoms with Crippen molar-refractivity contribution in [2.45, 2.75) is 219 Å². The molecular formula is C39H82NO4S+. The van der Waals surface area contributed by atoms with Crippen molar-refractivity contribution >= 4 is 10.1 Å². The zero-order chi connectivity index (χ0) is 33.3. The molecule has 1 unspecified atom stereocenters. The van der Waals surface area contributed by atoms with Crippen molar-refractivity contribution in [1.29, 1.82) is 0 Å². The quantitative estimate of drug-likeness (QED) is 0.0395. The van der Waals surface area contributed by atoms with Crippen LogP contribution in [0.15, 0.2) is 0 Å². The fourth-order valence-electron chi connectivity index (χ4n) is 7.16. The lowest BCUT2D eigenvalue weighted by atomic mass is 10.0. The third kappa shape index (κ3) is 32.2. The van der Waals surface area contributed by atoms with Gasteiger partial charge in [0.15, 0.2) is 0 Å². The SMILES string of the molecule is CCCCCCCCCCCC[N+](CCCCCCCCCCCC)(CCCCCCCCCCCC)CC(O)CS(=O)(=O)O. The number of hydrogen-bond acceptors (Lipinski definition) is 3. The summed E-state index contributed by atoms with van der Waals surface area (Å²) in [6.45, 7) is 10.3. The summed E-state index contributed by atoms with van der Waals surface area (Å²) in [5, 5.41) is 10.8. The summed E-state index contributed by atoms with van der Waals surface area (Å²) in [7, 11) is -4.19. The van der Waals surface area contributed by atoms with Gasteiger partial charge in [0.05, 0.1) is 19.6 Å². The maximum atomic E-state index is 11.6. The van der Waals surface area contributed by atoms with Crippen molar-refractivity contribution in [2.75, 3.05) is 31.9 Å². The van der Waals surface area contributed by atoms with Crippen LogP contribution in [0.2, 0.25) is 0 Å².